The minimum absolute atomic E-state index is 0.0876. The molecule has 0 fully saturated rings. The standard InChI is InChI=1S/C13H25BrO2/c1-3-5-6-7-8-9-10-12(14)11-13(15)16-4-2/h12H,3-11H2,1-2H3. The molecule has 0 spiro atoms. The first-order valence-electron chi connectivity index (χ1n) is 6.50. The van der Waals surface area contributed by atoms with Crippen LogP contribution in [0, 0.1) is 0 Å². The summed E-state index contributed by atoms with van der Waals surface area (Å²) < 4.78 is 4.90. The maximum Gasteiger partial charge on any atom is 0.306 e. The Morgan fingerprint density at radius 1 is 1.12 bits per heavy atom. The summed E-state index contributed by atoms with van der Waals surface area (Å²) >= 11 is 3.53. The average Bonchev–Trinajstić information content (AvgIpc) is 2.23. The van der Waals surface area contributed by atoms with E-state index in [1.165, 1.54) is 38.5 Å². The summed E-state index contributed by atoms with van der Waals surface area (Å²) in [6.45, 7) is 4.55. The maximum absolute atomic E-state index is 11.2. The number of hydrogen-bond donors (Lipinski definition) is 0. The lowest BCUT2D eigenvalue weighted by Gasteiger charge is -2.08. The number of esters is 1. The lowest BCUT2D eigenvalue weighted by Crippen LogP contribution is -2.11. The van der Waals surface area contributed by atoms with Gasteiger partial charge in [-0.2, -0.15) is 0 Å². The van der Waals surface area contributed by atoms with Crippen molar-refractivity contribution in [3.8, 4) is 0 Å². The van der Waals surface area contributed by atoms with E-state index < -0.39 is 0 Å². The highest BCUT2D eigenvalue weighted by molar-refractivity contribution is 9.09. The van der Waals surface area contributed by atoms with Gasteiger partial charge in [0, 0.05) is 4.83 Å². The largest absolute Gasteiger partial charge is 0.466 e. The van der Waals surface area contributed by atoms with Crippen molar-refractivity contribution in [2.24, 2.45) is 0 Å². The molecule has 1 unspecified atom stereocenters. The van der Waals surface area contributed by atoms with Crippen LogP contribution in [0.5, 0.6) is 0 Å². The topological polar surface area (TPSA) is 26.3 Å². The van der Waals surface area contributed by atoms with Gasteiger partial charge in [0.1, 0.15) is 0 Å². The van der Waals surface area contributed by atoms with Gasteiger partial charge in [-0.05, 0) is 13.3 Å². The Labute approximate surface area is 108 Å². The second kappa shape index (κ2) is 11.4. The summed E-state index contributed by atoms with van der Waals surface area (Å²) in [5.74, 6) is -0.0876. The minimum atomic E-state index is -0.0876. The molecule has 0 aliphatic heterocycles. The Kier molecular flexibility index (Phi) is 11.4. The molecule has 96 valence electrons. The molecular formula is C13H25BrO2. The summed E-state index contributed by atoms with van der Waals surface area (Å²) in [5, 5.41) is 0. The molecule has 0 saturated heterocycles. The van der Waals surface area contributed by atoms with E-state index in [-0.39, 0.29) is 10.8 Å². The highest BCUT2D eigenvalue weighted by atomic mass is 79.9. The number of unbranched alkanes of at least 4 members (excludes halogenated alkanes) is 5. The number of alkyl halides is 1. The Bertz CT molecular complexity index is 171. The van der Waals surface area contributed by atoms with Crippen LogP contribution in [0.2, 0.25) is 0 Å². The molecule has 0 aromatic carbocycles. The third kappa shape index (κ3) is 10.5. The van der Waals surface area contributed by atoms with E-state index in [0.717, 1.165) is 6.42 Å². The first-order chi connectivity index (χ1) is 7.70. The van der Waals surface area contributed by atoms with Gasteiger partial charge in [0.05, 0.1) is 13.0 Å². The third-order valence-corrected chi connectivity index (χ3v) is 3.35. The fraction of sp³-hybridized carbons (Fsp3) is 0.923. The molecule has 0 radical (unpaired) electrons. The van der Waals surface area contributed by atoms with Crippen molar-refractivity contribution in [1.82, 2.24) is 0 Å². The van der Waals surface area contributed by atoms with Crippen LogP contribution in [0.4, 0.5) is 0 Å². The molecule has 0 aliphatic carbocycles. The molecule has 0 bridgehead atoms. The number of carbonyl (C=O) groups is 1. The van der Waals surface area contributed by atoms with Crippen LogP contribution in [0.3, 0.4) is 0 Å². The van der Waals surface area contributed by atoms with Gasteiger partial charge in [0.2, 0.25) is 0 Å². The van der Waals surface area contributed by atoms with Crippen LogP contribution in [0.15, 0.2) is 0 Å². The zero-order chi connectivity index (χ0) is 12.2. The van der Waals surface area contributed by atoms with Gasteiger partial charge < -0.3 is 4.74 Å². The van der Waals surface area contributed by atoms with E-state index in [4.69, 9.17) is 4.74 Å². The summed E-state index contributed by atoms with van der Waals surface area (Å²) in [5.41, 5.74) is 0. The van der Waals surface area contributed by atoms with Gasteiger partial charge in [-0.3, -0.25) is 4.79 Å². The van der Waals surface area contributed by atoms with E-state index in [9.17, 15) is 4.79 Å². The average molecular weight is 293 g/mol. The van der Waals surface area contributed by atoms with E-state index in [1.807, 2.05) is 6.92 Å². The van der Waals surface area contributed by atoms with Crippen molar-refractivity contribution in [1.29, 1.82) is 0 Å². The number of ether oxygens (including phenoxy) is 1. The molecule has 2 nitrogen and oxygen atoms in total. The van der Waals surface area contributed by atoms with Crippen LogP contribution < -0.4 is 0 Å². The van der Waals surface area contributed by atoms with Gasteiger partial charge in [0.25, 0.3) is 0 Å². The van der Waals surface area contributed by atoms with Gasteiger partial charge in [-0.15, -0.1) is 0 Å². The predicted molar refractivity (Wildman–Crippen MR) is 72.0 cm³/mol. The van der Waals surface area contributed by atoms with E-state index >= 15 is 0 Å². The predicted octanol–water partition coefficient (Wildman–Crippen LogP) is 4.45. The molecular weight excluding hydrogens is 268 g/mol. The molecule has 0 saturated carbocycles. The Morgan fingerprint density at radius 3 is 2.38 bits per heavy atom. The Morgan fingerprint density at radius 2 is 1.75 bits per heavy atom. The maximum atomic E-state index is 11.2. The van der Waals surface area contributed by atoms with Crippen molar-refractivity contribution in [2.45, 2.75) is 70.0 Å². The van der Waals surface area contributed by atoms with Gasteiger partial charge >= 0.3 is 5.97 Å². The summed E-state index contributed by atoms with van der Waals surface area (Å²) in [7, 11) is 0. The third-order valence-electron chi connectivity index (χ3n) is 2.56. The normalized spacial score (nSPS) is 12.4. The molecule has 0 aliphatic rings. The molecule has 3 heteroatoms. The summed E-state index contributed by atoms with van der Waals surface area (Å²) in [6, 6.07) is 0. The van der Waals surface area contributed by atoms with Crippen molar-refractivity contribution < 1.29 is 9.53 Å². The van der Waals surface area contributed by atoms with Crippen molar-refractivity contribution in [3.05, 3.63) is 0 Å². The second-order valence-corrected chi connectivity index (χ2v) is 5.46. The molecule has 0 N–H and O–H groups in total. The molecule has 0 aromatic heterocycles. The van der Waals surface area contributed by atoms with E-state index in [0.29, 0.717) is 13.0 Å². The highest BCUT2D eigenvalue weighted by Gasteiger charge is 2.10. The number of hydrogen-bond acceptors (Lipinski definition) is 2. The lowest BCUT2D eigenvalue weighted by atomic mass is 10.1. The fourth-order valence-electron chi connectivity index (χ4n) is 1.65. The van der Waals surface area contributed by atoms with Crippen LogP contribution in [0.1, 0.15) is 65.2 Å². The van der Waals surface area contributed by atoms with E-state index in [2.05, 4.69) is 22.9 Å². The van der Waals surface area contributed by atoms with Crippen LogP contribution in [-0.4, -0.2) is 17.4 Å². The lowest BCUT2D eigenvalue weighted by molar-refractivity contribution is -0.143. The second-order valence-electron chi connectivity index (χ2n) is 4.16. The zero-order valence-electron chi connectivity index (χ0n) is 10.6. The monoisotopic (exact) mass is 292 g/mol. The SMILES string of the molecule is CCCCCCCCC(Br)CC(=O)OCC. The molecule has 1 atom stereocenters. The zero-order valence-corrected chi connectivity index (χ0v) is 12.2. The minimum Gasteiger partial charge on any atom is -0.466 e. The van der Waals surface area contributed by atoms with Crippen LogP contribution in [-0.2, 0) is 9.53 Å². The van der Waals surface area contributed by atoms with Gasteiger partial charge in [-0.1, -0.05) is 61.4 Å². The first-order valence-corrected chi connectivity index (χ1v) is 7.42. The van der Waals surface area contributed by atoms with Gasteiger partial charge in [-0.25, -0.2) is 0 Å². The van der Waals surface area contributed by atoms with Crippen molar-refractivity contribution in [3.63, 3.8) is 0 Å². The number of carbonyl (C=O) groups excluding carboxylic acids is 1. The smallest absolute Gasteiger partial charge is 0.306 e. The van der Waals surface area contributed by atoms with Crippen LogP contribution in [0.25, 0.3) is 0 Å². The van der Waals surface area contributed by atoms with Crippen LogP contribution >= 0.6 is 15.9 Å². The first kappa shape index (κ1) is 16.0. The molecule has 0 amide bonds. The van der Waals surface area contributed by atoms with Crippen molar-refractivity contribution >= 4 is 21.9 Å². The molecule has 0 aromatic rings. The van der Waals surface area contributed by atoms with Crippen molar-refractivity contribution in [2.75, 3.05) is 6.61 Å². The Hall–Kier alpha value is -0.0500. The summed E-state index contributed by atoms with van der Waals surface area (Å²) in [4.78, 5) is 11.5. The quantitative estimate of drug-likeness (QED) is 0.338. The molecule has 0 rings (SSSR count). The van der Waals surface area contributed by atoms with E-state index in [1.54, 1.807) is 0 Å². The summed E-state index contributed by atoms with van der Waals surface area (Å²) in [6.07, 6.45) is 9.39. The fourth-order valence-corrected chi connectivity index (χ4v) is 2.24. The highest BCUT2D eigenvalue weighted by Crippen LogP contribution is 2.16. The van der Waals surface area contributed by atoms with Gasteiger partial charge in [0.15, 0.2) is 0 Å². The number of halogens is 1. The molecule has 0 heterocycles. The molecule has 16 heavy (non-hydrogen) atoms. The Balaban J connectivity index is 3.29. The number of rotatable bonds is 10.